The molecule has 0 radical (unpaired) electrons. The molecule has 0 unspecified atom stereocenters. The molecule has 0 spiro atoms. The van der Waals surface area contributed by atoms with Gasteiger partial charge in [-0.1, -0.05) is 29.8 Å². The van der Waals surface area contributed by atoms with Crippen molar-refractivity contribution in [2.45, 2.75) is 13.8 Å². The quantitative estimate of drug-likeness (QED) is 0.661. The van der Waals surface area contributed by atoms with E-state index in [0.29, 0.717) is 11.6 Å². The Bertz CT molecular complexity index is 927. The number of rotatable bonds is 4. The average molecular weight is 397 g/mol. The van der Waals surface area contributed by atoms with Crippen molar-refractivity contribution < 1.29 is 4.79 Å². The van der Waals surface area contributed by atoms with Gasteiger partial charge in [-0.05, 0) is 59.6 Å². The van der Waals surface area contributed by atoms with Gasteiger partial charge >= 0.3 is 0 Å². The van der Waals surface area contributed by atoms with Gasteiger partial charge in [0.25, 0.3) is 5.91 Å². The first kappa shape index (κ1) is 17.1. The molecule has 2 aromatic carbocycles. The Hall–Kier alpha value is -2.73. The molecule has 0 saturated carbocycles. The molecule has 1 heterocycles. The van der Waals surface area contributed by atoms with E-state index in [0.717, 1.165) is 27.0 Å². The first-order chi connectivity index (χ1) is 12.0. The molecule has 0 saturated heterocycles. The van der Waals surface area contributed by atoms with Crippen molar-refractivity contribution in [2.24, 2.45) is 0 Å². The molecule has 0 aliphatic carbocycles. The van der Waals surface area contributed by atoms with Gasteiger partial charge in [-0.15, -0.1) is 0 Å². The lowest BCUT2D eigenvalue weighted by atomic mass is 10.1. The van der Waals surface area contributed by atoms with Gasteiger partial charge in [0.2, 0.25) is 5.95 Å². The fourth-order valence-electron chi connectivity index (χ4n) is 2.37. The Kier molecular flexibility index (Phi) is 5.09. The summed E-state index contributed by atoms with van der Waals surface area (Å²) in [6, 6.07) is 15.1. The average Bonchev–Trinajstić information content (AvgIpc) is 2.60. The van der Waals surface area contributed by atoms with E-state index in [-0.39, 0.29) is 5.91 Å². The van der Waals surface area contributed by atoms with E-state index in [9.17, 15) is 4.79 Å². The molecule has 126 valence electrons. The van der Waals surface area contributed by atoms with Gasteiger partial charge in [-0.3, -0.25) is 4.79 Å². The molecular formula is C19H17BrN4O. The summed E-state index contributed by atoms with van der Waals surface area (Å²) in [5.41, 5.74) is 4.06. The van der Waals surface area contributed by atoms with E-state index in [1.165, 1.54) is 0 Å². The number of benzene rings is 2. The number of nitrogens with one attached hydrogen (secondary N) is 2. The highest BCUT2D eigenvalue weighted by molar-refractivity contribution is 9.10. The molecule has 0 bridgehead atoms. The van der Waals surface area contributed by atoms with Crippen molar-refractivity contribution in [3.8, 4) is 0 Å². The van der Waals surface area contributed by atoms with Gasteiger partial charge in [0.15, 0.2) is 0 Å². The fraction of sp³-hybridized carbons (Fsp3) is 0.105. The minimum atomic E-state index is -0.274. The van der Waals surface area contributed by atoms with E-state index in [1.807, 2.05) is 56.3 Å². The van der Waals surface area contributed by atoms with Gasteiger partial charge in [0.05, 0.1) is 5.69 Å². The van der Waals surface area contributed by atoms with Crippen LogP contribution in [0.2, 0.25) is 0 Å². The van der Waals surface area contributed by atoms with Gasteiger partial charge in [0, 0.05) is 16.4 Å². The molecule has 3 rings (SSSR count). The second kappa shape index (κ2) is 7.44. The third-order valence-corrected chi connectivity index (χ3v) is 4.33. The Morgan fingerprint density at radius 3 is 2.60 bits per heavy atom. The Morgan fingerprint density at radius 2 is 1.84 bits per heavy atom. The first-order valence-corrected chi connectivity index (χ1v) is 8.55. The van der Waals surface area contributed by atoms with Crippen LogP contribution in [-0.2, 0) is 0 Å². The molecule has 3 aromatic rings. The predicted octanol–water partition coefficient (Wildman–Crippen LogP) is 4.85. The van der Waals surface area contributed by atoms with Gasteiger partial charge < -0.3 is 10.6 Å². The summed E-state index contributed by atoms with van der Waals surface area (Å²) < 4.78 is 0.892. The van der Waals surface area contributed by atoms with E-state index < -0.39 is 0 Å². The summed E-state index contributed by atoms with van der Waals surface area (Å²) in [4.78, 5) is 21.0. The molecule has 0 fully saturated rings. The van der Waals surface area contributed by atoms with Crippen LogP contribution in [0.4, 0.5) is 17.3 Å². The number of hydrogen-bond acceptors (Lipinski definition) is 4. The van der Waals surface area contributed by atoms with E-state index >= 15 is 0 Å². The second-order valence-corrected chi connectivity index (χ2v) is 6.50. The summed E-state index contributed by atoms with van der Waals surface area (Å²) >= 11 is 3.46. The molecule has 2 N–H and O–H groups in total. The summed E-state index contributed by atoms with van der Waals surface area (Å²) in [6.45, 7) is 3.98. The van der Waals surface area contributed by atoms with Gasteiger partial charge in [0.1, 0.15) is 5.69 Å². The minimum Gasteiger partial charge on any atom is -0.323 e. The van der Waals surface area contributed by atoms with Crippen LogP contribution < -0.4 is 10.6 Å². The number of carbonyl (C=O) groups excluding carboxylic acids is 1. The number of aromatic nitrogens is 2. The number of para-hydroxylation sites is 1. The van der Waals surface area contributed by atoms with Crippen LogP contribution in [0.1, 0.15) is 21.6 Å². The zero-order chi connectivity index (χ0) is 17.8. The Labute approximate surface area is 154 Å². The maximum Gasteiger partial charge on any atom is 0.274 e. The highest BCUT2D eigenvalue weighted by atomic mass is 79.9. The monoisotopic (exact) mass is 396 g/mol. The van der Waals surface area contributed by atoms with Crippen LogP contribution in [0.3, 0.4) is 0 Å². The van der Waals surface area contributed by atoms with Crippen LogP contribution >= 0.6 is 15.9 Å². The second-order valence-electron chi connectivity index (χ2n) is 5.64. The lowest BCUT2D eigenvalue weighted by Gasteiger charge is -2.10. The van der Waals surface area contributed by atoms with Gasteiger partial charge in [-0.25, -0.2) is 9.97 Å². The van der Waals surface area contributed by atoms with Crippen LogP contribution in [-0.4, -0.2) is 15.9 Å². The van der Waals surface area contributed by atoms with E-state index in [1.54, 1.807) is 12.3 Å². The molecule has 25 heavy (non-hydrogen) atoms. The predicted molar refractivity (Wildman–Crippen MR) is 103 cm³/mol. The zero-order valence-electron chi connectivity index (χ0n) is 13.9. The van der Waals surface area contributed by atoms with Gasteiger partial charge in [-0.2, -0.15) is 0 Å². The number of hydrogen-bond donors (Lipinski definition) is 2. The first-order valence-electron chi connectivity index (χ1n) is 7.76. The molecule has 6 heteroatoms. The summed E-state index contributed by atoms with van der Waals surface area (Å²) in [5, 5.41) is 5.99. The maximum absolute atomic E-state index is 12.5. The highest BCUT2D eigenvalue weighted by Crippen LogP contribution is 2.23. The Balaban J connectivity index is 1.79. The molecule has 0 aliphatic heterocycles. The van der Waals surface area contributed by atoms with Crippen molar-refractivity contribution in [1.82, 2.24) is 9.97 Å². The number of anilines is 3. The fourth-order valence-corrected chi connectivity index (χ4v) is 2.75. The molecule has 0 aliphatic rings. The summed E-state index contributed by atoms with van der Waals surface area (Å²) in [6.07, 6.45) is 1.56. The van der Waals surface area contributed by atoms with E-state index in [4.69, 9.17) is 0 Å². The molecule has 1 aromatic heterocycles. The van der Waals surface area contributed by atoms with Crippen LogP contribution in [0.25, 0.3) is 0 Å². The third kappa shape index (κ3) is 4.22. The lowest BCUT2D eigenvalue weighted by Crippen LogP contribution is -2.15. The standard InChI is InChI=1S/C19H17BrN4O/c1-12-7-8-15(13(2)11-12)22-18(25)17-9-10-21-19(24-17)23-16-6-4-3-5-14(16)20/h3-11H,1-2H3,(H,22,25)(H,21,23,24). The topological polar surface area (TPSA) is 66.9 Å². The normalized spacial score (nSPS) is 10.4. The third-order valence-electron chi connectivity index (χ3n) is 3.64. The number of amides is 1. The van der Waals surface area contributed by atoms with Crippen molar-refractivity contribution in [3.63, 3.8) is 0 Å². The largest absolute Gasteiger partial charge is 0.323 e. The summed E-state index contributed by atoms with van der Waals surface area (Å²) in [7, 11) is 0. The lowest BCUT2D eigenvalue weighted by molar-refractivity contribution is 0.102. The molecule has 0 atom stereocenters. The van der Waals surface area contributed by atoms with Crippen LogP contribution in [0.5, 0.6) is 0 Å². The number of carbonyl (C=O) groups is 1. The number of halogens is 1. The molecular weight excluding hydrogens is 380 g/mol. The summed E-state index contributed by atoms with van der Waals surface area (Å²) in [5.74, 6) is 0.0877. The zero-order valence-corrected chi connectivity index (χ0v) is 15.5. The Morgan fingerprint density at radius 1 is 1.04 bits per heavy atom. The number of aryl methyl sites for hydroxylation is 2. The SMILES string of the molecule is Cc1ccc(NC(=O)c2ccnc(Nc3ccccc3Br)n2)c(C)c1. The van der Waals surface area contributed by atoms with Crippen molar-refractivity contribution >= 4 is 39.2 Å². The van der Waals surface area contributed by atoms with Crippen molar-refractivity contribution in [3.05, 3.63) is 76.0 Å². The van der Waals surface area contributed by atoms with E-state index in [2.05, 4.69) is 36.5 Å². The maximum atomic E-state index is 12.5. The van der Waals surface area contributed by atoms with Crippen molar-refractivity contribution in [2.75, 3.05) is 10.6 Å². The minimum absolute atomic E-state index is 0.274. The van der Waals surface area contributed by atoms with Crippen LogP contribution in [0.15, 0.2) is 59.2 Å². The highest BCUT2D eigenvalue weighted by Gasteiger charge is 2.11. The van der Waals surface area contributed by atoms with Crippen molar-refractivity contribution in [1.29, 1.82) is 0 Å². The number of nitrogens with zero attached hydrogens (tertiary/aromatic N) is 2. The van der Waals surface area contributed by atoms with Crippen LogP contribution in [0, 0.1) is 13.8 Å². The molecule has 5 nitrogen and oxygen atoms in total. The molecule has 1 amide bonds. The smallest absolute Gasteiger partial charge is 0.274 e.